The number of carbonyl (C=O) groups is 2. The smallest absolute Gasteiger partial charge is 0.250 e. The number of carbonyl (C=O) groups excluding carboxylic acids is 2. The maximum absolute atomic E-state index is 12.2. The number of primary amides is 1. The molecule has 0 bridgehead atoms. The number of hydrogen-bond acceptors (Lipinski definition) is 4. The van der Waals surface area contributed by atoms with Crippen molar-refractivity contribution in [2.24, 2.45) is 5.73 Å². The molecule has 0 aliphatic carbocycles. The molecule has 2 aliphatic rings. The summed E-state index contributed by atoms with van der Waals surface area (Å²) in [5.41, 5.74) is 11.2. The molecule has 33 heavy (non-hydrogen) atoms. The van der Waals surface area contributed by atoms with Crippen molar-refractivity contribution < 1.29 is 14.3 Å². The number of nitrogens with one attached hydrogen (secondary N) is 1. The minimum Gasteiger partial charge on any atom is -0.381 e. The van der Waals surface area contributed by atoms with Gasteiger partial charge in [0.05, 0.1) is 29.4 Å². The van der Waals surface area contributed by atoms with Crippen molar-refractivity contribution in [2.45, 2.75) is 25.3 Å². The van der Waals surface area contributed by atoms with Crippen LogP contribution in [0.25, 0.3) is 10.9 Å². The van der Waals surface area contributed by atoms with Crippen molar-refractivity contribution in [2.75, 3.05) is 31.2 Å². The molecule has 7 nitrogen and oxygen atoms in total. The summed E-state index contributed by atoms with van der Waals surface area (Å²) in [6, 6.07) is 14.2. The van der Waals surface area contributed by atoms with E-state index in [0.717, 1.165) is 46.6 Å². The summed E-state index contributed by atoms with van der Waals surface area (Å²) in [5, 5.41) is 0.949. The number of anilines is 2. The highest BCUT2D eigenvalue weighted by Crippen LogP contribution is 2.40. The standard InChI is InChI=1S/C26H28N4O3/c1-3-24(31)29-13-18(14-29)30(22-7-5-4-6-16(22)2)23-9-8-19(26(27)32)25-20(23)12-21(28-25)17-10-11-33-15-17/h3-9,12,17-18,28H,1,10-11,13-15H2,2H3,(H2,27,32). The summed E-state index contributed by atoms with van der Waals surface area (Å²) < 4.78 is 5.59. The van der Waals surface area contributed by atoms with Crippen LogP contribution in [0.1, 0.15) is 34.0 Å². The first-order valence-electron chi connectivity index (χ1n) is 11.3. The van der Waals surface area contributed by atoms with Gasteiger partial charge in [-0.2, -0.15) is 0 Å². The van der Waals surface area contributed by atoms with Gasteiger partial charge in [0.25, 0.3) is 5.91 Å². The van der Waals surface area contributed by atoms with Crippen molar-refractivity contribution in [3.63, 3.8) is 0 Å². The maximum atomic E-state index is 12.2. The number of ether oxygens (including phenoxy) is 1. The summed E-state index contributed by atoms with van der Waals surface area (Å²) in [7, 11) is 0. The van der Waals surface area contributed by atoms with E-state index in [-0.39, 0.29) is 17.9 Å². The Morgan fingerprint density at radius 3 is 2.67 bits per heavy atom. The van der Waals surface area contributed by atoms with Crippen LogP contribution in [0.2, 0.25) is 0 Å². The fraction of sp³-hybridized carbons (Fsp3) is 0.308. The number of aryl methyl sites for hydroxylation is 1. The zero-order valence-electron chi connectivity index (χ0n) is 18.7. The third kappa shape index (κ3) is 3.68. The lowest BCUT2D eigenvalue weighted by Gasteiger charge is -2.46. The van der Waals surface area contributed by atoms with E-state index in [2.05, 4.69) is 41.6 Å². The van der Waals surface area contributed by atoms with E-state index in [1.165, 1.54) is 6.08 Å². The van der Waals surface area contributed by atoms with Gasteiger partial charge in [-0.1, -0.05) is 24.8 Å². The molecule has 5 rings (SSSR count). The Hall–Kier alpha value is -3.58. The van der Waals surface area contributed by atoms with Gasteiger partial charge < -0.3 is 25.3 Å². The number of benzene rings is 2. The van der Waals surface area contributed by atoms with Gasteiger partial charge in [0.1, 0.15) is 0 Å². The second kappa shape index (κ2) is 8.41. The van der Waals surface area contributed by atoms with Crippen molar-refractivity contribution in [1.82, 2.24) is 9.88 Å². The van der Waals surface area contributed by atoms with Crippen LogP contribution < -0.4 is 10.6 Å². The summed E-state index contributed by atoms with van der Waals surface area (Å²) in [6.45, 7) is 8.30. The van der Waals surface area contributed by atoms with Crippen molar-refractivity contribution in [1.29, 1.82) is 0 Å². The largest absolute Gasteiger partial charge is 0.381 e. The quantitative estimate of drug-likeness (QED) is 0.568. The number of H-pyrrole nitrogens is 1. The second-order valence-electron chi connectivity index (χ2n) is 8.83. The van der Waals surface area contributed by atoms with Gasteiger partial charge in [-0.15, -0.1) is 0 Å². The molecule has 2 amide bonds. The molecular formula is C26H28N4O3. The van der Waals surface area contributed by atoms with Crippen LogP contribution >= 0.6 is 0 Å². The molecule has 3 heterocycles. The number of amides is 2. The zero-order chi connectivity index (χ0) is 23.1. The predicted molar refractivity (Wildman–Crippen MR) is 129 cm³/mol. The number of nitrogens with two attached hydrogens (primary N) is 1. The Morgan fingerprint density at radius 1 is 1.21 bits per heavy atom. The molecule has 2 aromatic carbocycles. The topological polar surface area (TPSA) is 91.7 Å². The average Bonchev–Trinajstić information content (AvgIpc) is 3.45. The summed E-state index contributed by atoms with van der Waals surface area (Å²) >= 11 is 0. The molecule has 0 saturated carbocycles. The average molecular weight is 445 g/mol. The SMILES string of the molecule is C=CC(=O)N1CC(N(c2ccccc2C)c2ccc(C(N)=O)c3[nH]c(C4CCOC4)cc23)C1. The number of nitrogens with zero attached hydrogens (tertiary/aromatic N) is 2. The van der Waals surface area contributed by atoms with Crippen LogP contribution in [0.5, 0.6) is 0 Å². The lowest BCUT2D eigenvalue weighted by Crippen LogP contribution is -2.59. The van der Waals surface area contributed by atoms with Gasteiger partial charge in [-0.25, -0.2) is 0 Å². The number of rotatable bonds is 6. The molecule has 0 spiro atoms. The minimum atomic E-state index is -0.462. The molecular weight excluding hydrogens is 416 g/mol. The van der Waals surface area contributed by atoms with Gasteiger partial charge in [0, 0.05) is 42.4 Å². The highest BCUT2D eigenvalue weighted by atomic mass is 16.5. The number of likely N-dealkylation sites (tertiary alicyclic amines) is 1. The molecule has 0 radical (unpaired) electrons. The van der Waals surface area contributed by atoms with E-state index in [4.69, 9.17) is 10.5 Å². The fourth-order valence-electron chi connectivity index (χ4n) is 4.92. The highest BCUT2D eigenvalue weighted by Gasteiger charge is 2.36. The third-order valence-corrected chi connectivity index (χ3v) is 6.77. The summed E-state index contributed by atoms with van der Waals surface area (Å²) in [4.78, 5) is 31.9. The number of fused-ring (bicyclic) bond motifs is 1. The van der Waals surface area contributed by atoms with Crippen molar-refractivity contribution in [3.05, 3.63) is 71.9 Å². The molecule has 1 atom stereocenters. The van der Waals surface area contributed by atoms with Crippen LogP contribution in [-0.4, -0.2) is 54.0 Å². The molecule has 3 aromatic rings. The monoisotopic (exact) mass is 444 g/mol. The maximum Gasteiger partial charge on any atom is 0.250 e. The first-order chi connectivity index (χ1) is 16.0. The van der Waals surface area contributed by atoms with Crippen LogP contribution in [-0.2, 0) is 9.53 Å². The Morgan fingerprint density at radius 2 is 2.00 bits per heavy atom. The number of aromatic nitrogens is 1. The van der Waals surface area contributed by atoms with Crippen molar-refractivity contribution >= 4 is 34.1 Å². The van der Waals surface area contributed by atoms with Crippen LogP contribution in [0, 0.1) is 6.92 Å². The Balaban J connectivity index is 1.65. The molecule has 1 aromatic heterocycles. The molecule has 170 valence electrons. The van der Waals surface area contributed by atoms with Crippen LogP contribution in [0.4, 0.5) is 11.4 Å². The number of aromatic amines is 1. The van der Waals surface area contributed by atoms with Crippen LogP contribution in [0.3, 0.4) is 0 Å². The van der Waals surface area contributed by atoms with E-state index >= 15 is 0 Å². The normalized spacial score (nSPS) is 18.3. The first kappa shape index (κ1) is 21.3. The zero-order valence-corrected chi connectivity index (χ0v) is 18.7. The lowest BCUT2D eigenvalue weighted by atomic mass is 9.99. The van der Waals surface area contributed by atoms with Gasteiger partial charge in [0.2, 0.25) is 5.91 Å². The van der Waals surface area contributed by atoms with Crippen LogP contribution in [0.15, 0.2) is 55.1 Å². The van der Waals surface area contributed by atoms with E-state index < -0.39 is 5.91 Å². The molecule has 7 heteroatoms. The van der Waals surface area contributed by atoms with Gasteiger partial charge in [-0.05, 0) is 49.2 Å². The Bertz CT molecular complexity index is 1240. The fourth-order valence-corrected chi connectivity index (χ4v) is 4.92. The minimum absolute atomic E-state index is 0.0598. The molecule has 2 aliphatic heterocycles. The lowest BCUT2D eigenvalue weighted by molar-refractivity contribution is -0.130. The first-order valence-corrected chi connectivity index (χ1v) is 11.3. The van der Waals surface area contributed by atoms with E-state index in [1.807, 2.05) is 18.2 Å². The van der Waals surface area contributed by atoms with Gasteiger partial charge in [-0.3, -0.25) is 9.59 Å². The molecule has 2 saturated heterocycles. The predicted octanol–water partition coefficient (Wildman–Crippen LogP) is 3.61. The van der Waals surface area contributed by atoms with Crippen molar-refractivity contribution in [3.8, 4) is 0 Å². The van der Waals surface area contributed by atoms with Gasteiger partial charge >= 0.3 is 0 Å². The third-order valence-electron chi connectivity index (χ3n) is 6.77. The molecule has 1 unspecified atom stereocenters. The van der Waals surface area contributed by atoms with E-state index in [0.29, 0.717) is 25.3 Å². The molecule has 3 N–H and O–H groups in total. The summed E-state index contributed by atoms with van der Waals surface area (Å²) in [5.74, 6) is -0.255. The Labute approximate surface area is 192 Å². The van der Waals surface area contributed by atoms with E-state index in [9.17, 15) is 9.59 Å². The number of hydrogen-bond donors (Lipinski definition) is 2. The summed E-state index contributed by atoms with van der Waals surface area (Å²) in [6.07, 6.45) is 2.30. The Kier molecular flexibility index (Phi) is 5.42. The van der Waals surface area contributed by atoms with E-state index in [1.54, 1.807) is 11.0 Å². The van der Waals surface area contributed by atoms with Gasteiger partial charge in [0.15, 0.2) is 0 Å². The molecule has 2 fully saturated rings. The second-order valence-corrected chi connectivity index (χ2v) is 8.83. The number of para-hydroxylation sites is 1. The highest BCUT2D eigenvalue weighted by molar-refractivity contribution is 6.09.